The van der Waals surface area contributed by atoms with E-state index in [1.165, 1.54) is 0 Å². The maximum absolute atomic E-state index is 7.34. The van der Waals surface area contributed by atoms with Crippen LogP contribution in [0.1, 0.15) is 19.8 Å². The van der Waals surface area contributed by atoms with Crippen LogP contribution in [0.2, 0.25) is 0 Å². The molecule has 2 nitrogen and oxygen atoms in total. The van der Waals surface area contributed by atoms with Gasteiger partial charge in [0.25, 0.3) is 0 Å². The van der Waals surface area contributed by atoms with Crippen molar-refractivity contribution in [3.05, 3.63) is 24.3 Å². The molecule has 0 aliphatic rings. The molecule has 0 saturated carbocycles. The summed E-state index contributed by atoms with van der Waals surface area (Å²) in [5.74, 6) is 0.802. The Balaban J connectivity index is 2.41. The Morgan fingerprint density at radius 2 is 2.25 bits per heavy atom. The normalized spacial score (nSPS) is 9.75. The summed E-state index contributed by atoms with van der Waals surface area (Å²) >= 11 is 0. The second-order valence-corrected chi connectivity index (χ2v) is 2.73. The van der Waals surface area contributed by atoms with E-state index in [-0.39, 0.29) is 0 Å². The van der Waals surface area contributed by atoms with E-state index in [0.29, 0.717) is 5.69 Å². The van der Waals surface area contributed by atoms with Crippen molar-refractivity contribution in [3.8, 4) is 5.75 Å². The van der Waals surface area contributed by atoms with Gasteiger partial charge in [-0.3, -0.25) is 0 Å². The molecule has 0 aromatic heterocycles. The van der Waals surface area contributed by atoms with Crippen LogP contribution in [0.4, 0.5) is 5.69 Å². The van der Waals surface area contributed by atoms with Crippen LogP contribution < -0.4 is 10.5 Å². The molecule has 0 heterocycles. The molecule has 1 aromatic carbocycles. The van der Waals surface area contributed by atoms with Crippen molar-refractivity contribution in [2.45, 2.75) is 19.8 Å². The molecule has 2 heteroatoms. The molecule has 0 bridgehead atoms. The number of hydrogen-bond acceptors (Lipinski definition) is 1. The van der Waals surface area contributed by atoms with Gasteiger partial charge in [-0.2, -0.15) is 0 Å². The van der Waals surface area contributed by atoms with Crippen molar-refractivity contribution in [2.24, 2.45) is 0 Å². The van der Waals surface area contributed by atoms with Gasteiger partial charge in [0.15, 0.2) is 0 Å². The standard InChI is InChI=1S/C10H14NO/c1-2-3-7-12-10-6-4-5-9(11)8-10/h4-6,8,11H,2-3,7H2,1H3. The monoisotopic (exact) mass is 164 g/mol. The van der Waals surface area contributed by atoms with E-state index < -0.39 is 0 Å². The summed E-state index contributed by atoms with van der Waals surface area (Å²) < 4.78 is 5.41. The van der Waals surface area contributed by atoms with Gasteiger partial charge < -0.3 is 10.5 Å². The first-order valence-corrected chi connectivity index (χ1v) is 4.27. The summed E-state index contributed by atoms with van der Waals surface area (Å²) in [6.45, 7) is 2.88. The molecule has 1 rings (SSSR count). The zero-order valence-electron chi connectivity index (χ0n) is 7.34. The predicted molar refractivity (Wildman–Crippen MR) is 49.6 cm³/mol. The molecular formula is C10H14NO. The Labute approximate surface area is 73.3 Å². The number of nitrogens with one attached hydrogen (secondary N) is 1. The fourth-order valence-electron chi connectivity index (χ4n) is 0.920. The van der Waals surface area contributed by atoms with Crippen molar-refractivity contribution in [3.63, 3.8) is 0 Å². The highest BCUT2D eigenvalue weighted by Crippen LogP contribution is 2.15. The highest BCUT2D eigenvalue weighted by Gasteiger charge is 1.92. The maximum Gasteiger partial charge on any atom is 0.121 e. The van der Waals surface area contributed by atoms with Crippen molar-refractivity contribution in [1.29, 1.82) is 0 Å². The van der Waals surface area contributed by atoms with Crippen LogP contribution >= 0.6 is 0 Å². The topological polar surface area (TPSA) is 33.0 Å². The molecule has 0 saturated heterocycles. The minimum atomic E-state index is 0.504. The van der Waals surface area contributed by atoms with E-state index in [1.807, 2.05) is 12.1 Å². The van der Waals surface area contributed by atoms with Gasteiger partial charge in [-0.25, -0.2) is 0 Å². The van der Waals surface area contributed by atoms with Gasteiger partial charge in [-0.05, 0) is 18.6 Å². The van der Waals surface area contributed by atoms with Gasteiger partial charge in [-0.1, -0.05) is 19.4 Å². The molecule has 1 aromatic rings. The highest BCUT2D eigenvalue weighted by atomic mass is 16.5. The summed E-state index contributed by atoms with van der Waals surface area (Å²) in [4.78, 5) is 0. The number of ether oxygens (including phenoxy) is 1. The molecule has 0 aliphatic heterocycles. The molecule has 0 aliphatic carbocycles. The highest BCUT2D eigenvalue weighted by molar-refractivity contribution is 5.40. The first kappa shape index (κ1) is 8.91. The lowest BCUT2D eigenvalue weighted by Crippen LogP contribution is -1.95. The van der Waals surface area contributed by atoms with Gasteiger partial charge in [-0.15, -0.1) is 0 Å². The largest absolute Gasteiger partial charge is 0.494 e. The maximum atomic E-state index is 7.34. The molecule has 0 spiro atoms. The second-order valence-electron chi connectivity index (χ2n) is 2.73. The molecular weight excluding hydrogens is 150 g/mol. The van der Waals surface area contributed by atoms with Crippen LogP contribution in [-0.2, 0) is 0 Å². The Kier molecular flexibility index (Phi) is 3.45. The third-order valence-electron chi connectivity index (χ3n) is 1.60. The van der Waals surface area contributed by atoms with Crippen molar-refractivity contribution in [1.82, 2.24) is 5.73 Å². The summed E-state index contributed by atoms with van der Waals surface area (Å²) in [5.41, 5.74) is 7.84. The van der Waals surface area contributed by atoms with Gasteiger partial charge in [0.1, 0.15) is 5.75 Å². The molecule has 0 unspecified atom stereocenters. The average Bonchev–Trinajstić information content (AvgIpc) is 2.05. The molecule has 1 N–H and O–H groups in total. The van der Waals surface area contributed by atoms with Crippen molar-refractivity contribution < 1.29 is 4.74 Å². The molecule has 0 amide bonds. The Bertz CT molecular complexity index is 235. The SMILES string of the molecule is CCCCOc1cccc([NH])c1. The lowest BCUT2D eigenvalue weighted by Gasteiger charge is -2.04. The van der Waals surface area contributed by atoms with Crippen LogP contribution in [0.3, 0.4) is 0 Å². The number of hydrogen-bond donors (Lipinski definition) is 0. The summed E-state index contributed by atoms with van der Waals surface area (Å²) in [6.07, 6.45) is 2.21. The van der Waals surface area contributed by atoms with Crippen LogP contribution in [0, 0.1) is 0 Å². The summed E-state index contributed by atoms with van der Waals surface area (Å²) in [5, 5.41) is 0. The lowest BCUT2D eigenvalue weighted by molar-refractivity contribution is 0.309. The van der Waals surface area contributed by atoms with Crippen LogP contribution in [0.15, 0.2) is 24.3 Å². The van der Waals surface area contributed by atoms with Gasteiger partial charge in [0, 0.05) is 6.07 Å². The molecule has 0 atom stereocenters. The fraction of sp³-hybridized carbons (Fsp3) is 0.400. The summed E-state index contributed by atoms with van der Waals surface area (Å²) in [7, 11) is 0. The zero-order chi connectivity index (χ0) is 8.81. The third kappa shape index (κ3) is 2.82. The predicted octanol–water partition coefficient (Wildman–Crippen LogP) is 2.78. The van der Waals surface area contributed by atoms with Crippen LogP contribution in [0.5, 0.6) is 5.75 Å². The van der Waals surface area contributed by atoms with E-state index >= 15 is 0 Å². The quantitative estimate of drug-likeness (QED) is 0.630. The van der Waals surface area contributed by atoms with Crippen LogP contribution in [0.25, 0.3) is 0 Å². The minimum absolute atomic E-state index is 0.504. The Morgan fingerprint density at radius 3 is 2.92 bits per heavy atom. The number of benzene rings is 1. The molecule has 12 heavy (non-hydrogen) atoms. The Morgan fingerprint density at radius 1 is 1.42 bits per heavy atom. The second kappa shape index (κ2) is 4.65. The van der Waals surface area contributed by atoms with E-state index in [4.69, 9.17) is 10.5 Å². The van der Waals surface area contributed by atoms with E-state index in [1.54, 1.807) is 12.1 Å². The zero-order valence-corrected chi connectivity index (χ0v) is 7.34. The summed E-state index contributed by atoms with van der Waals surface area (Å²) in [6, 6.07) is 7.19. The lowest BCUT2D eigenvalue weighted by atomic mass is 10.3. The first-order chi connectivity index (χ1) is 5.83. The third-order valence-corrected chi connectivity index (χ3v) is 1.60. The number of unbranched alkanes of at least 4 members (excludes halogenated alkanes) is 1. The molecule has 1 radical (unpaired) electrons. The molecule has 65 valence electrons. The fourth-order valence-corrected chi connectivity index (χ4v) is 0.920. The Hall–Kier alpha value is -1.18. The van der Waals surface area contributed by atoms with Gasteiger partial charge in [0.2, 0.25) is 0 Å². The van der Waals surface area contributed by atoms with E-state index in [2.05, 4.69) is 6.92 Å². The van der Waals surface area contributed by atoms with E-state index in [0.717, 1.165) is 25.2 Å². The van der Waals surface area contributed by atoms with Crippen LogP contribution in [-0.4, -0.2) is 6.61 Å². The van der Waals surface area contributed by atoms with Gasteiger partial charge in [0.05, 0.1) is 12.3 Å². The minimum Gasteiger partial charge on any atom is -0.494 e. The average molecular weight is 164 g/mol. The molecule has 0 fully saturated rings. The van der Waals surface area contributed by atoms with Gasteiger partial charge >= 0.3 is 0 Å². The number of rotatable bonds is 4. The van der Waals surface area contributed by atoms with Crippen molar-refractivity contribution in [2.75, 3.05) is 6.61 Å². The van der Waals surface area contributed by atoms with Crippen molar-refractivity contribution >= 4 is 5.69 Å². The smallest absolute Gasteiger partial charge is 0.121 e. The first-order valence-electron chi connectivity index (χ1n) is 4.27. The van der Waals surface area contributed by atoms with E-state index in [9.17, 15) is 0 Å².